The fourth-order valence-electron chi connectivity index (χ4n) is 1.29. The summed E-state index contributed by atoms with van der Waals surface area (Å²) < 4.78 is 26.2. The molecule has 0 aromatic rings. The van der Waals surface area contributed by atoms with Gasteiger partial charge in [0, 0.05) is 6.08 Å². The molecule has 2 aliphatic rings. The number of hydrogen-bond acceptors (Lipinski definition) is 1. The van der Waals surface area contributed by atoms with E-state index in [4.69, 9.17) is 0 Å². The predicted octanol–water partition coefficient (Wildman–Crippen LogP) is 2.58. The molecule has 1 unspecified atom stereocenters. The van der Waals surface area contributed by atoms with Gasteiger partial charge in [0.1, 0.15) is 11.7 Å². The molecule has 1 aliphatic heterocycles. The van der Waals surface area contributed by atoms with Crippen LogP contribution in [0.25, 0.3) is 0 Å². The van der Waals surface area contributed by atoms with E-state index in [0.717, 1.165) is 6.08 Å². The van der Waals surface area contributed by atoms with Crippen molar-refractivity contribution in [1.82, 2.24) is 0 Å². The van der Waals surface area contributed by atoms with E-state index >= 15 is 0 Å². The molecule has 0 saturated heterocycles. The Bertz CT molecular complexity index is 434. The lowest BCUT2D eigenvalue weighted by atomic mass is 9.94. The summed E-state index contributed by atoms with van der Waals surface area (Å²) in [7, 11) is 0. The van der Waals surface area contributed by atoms with Gasteiger partial charge in [-0.1, -0.05) is 6.08 Å². The Labute approximate surface area is 86.8 Å². The first-order chi connectivity index (χ1) is 6.59. The van der Waals surface area contributed by atoms with E-state index in [0.29, 0.717) is 0 Å². The van der Waals surface area contributed by atoms with E-state index in [2.05, 4.69) is 20.9 Å². The molecule has 1 amide bonds. The minimum atomic E-state index is -0.749. The maximum atomic E-state index is 13.4. The molecule has 0 aromatic carbocycles. The molecule has 0 N–H and O–H groups in total. The van der Waals surface area contributed by atoms with Crippen molar-refractivity contribution in [1.29, 1.82) is 0 Å². The van der Waals surface area contributed by atoms with E-state index in [-0.39, 0.29) is 10.2 Å². The number of aliphatic imine (C=N–C) groups is 1. The number of halogens is 3. The fourth-order valence-corrected chi connectivity index (χ4v) is 1.65. The summed E-state index contributed by atoms with van der Waals surface area (Å²) in [6, 6.07) is 0. The normalized spacial score (nSPS) is 25.9. The van der Waals surface area contributed by atoms with Gasteiger partial charge in [-0.15, -0.1) is 0 Å². The Morgan fingerprint density at radius 3 is 2.86 bits per heavy atom. The highest BCUT2D eigenvalue weighted by atomic mass is 79.9. The number of hydrogen-bond donors (Lipinski definition) is 0. The van der Waals surface area contributed by atoms with Crippen LogP contribution in [0.15, 0.2) is 39.4 Å². The van der Waals surface area contributed by atoms with Crippen molar-refractivity contribution in [2.45, 2.75) is 0 Å². The van der Waals surface area contributed by atoms with Crippen LogP contribution in [0.3, 0.4) is 0 Å². The summed E-state index contributed by atoms with van der Waals surface area (Å²) in [6.45, 7) is 0. The first-order valence-corrected chi connectivity index (χ1v) is 4.62. The van der Waals surface area contributed by atoms with E-state index in [9.17, 15) is 13.6 Å². The predicted molar refractivity (Wildman–Crippen MR) is 51.3 cm³/mol. The van der Waals surface area contributed by atoms with Gasteiger partial charge >= 0.3 is 0 Å². The van der Waals surface area contributed by atoms with Gasteiger partial charge in [0.05, 0.1) is 16.1 Å². The SMILES string of the molecule is O=C1C=CC2C(=N1)C=C(F)C(Br)=C2F. The van der Waals surface area contributed by atoms with Crippen molar-refractivity contribution < 1.29 is 13.6 Å². The third-order valence-electron chi connectivity index (χ3n) is 1.96. The second kappa shape index (κ2) is 3.24. The third kappa shape index (κ3) is 1.37. The second-order valence-corrected chi connectivity index (χ2v) is 3.66. The molecule has 0 radical (unpaired) electrons. The van der Waals surface area contributed by atoms with Crippen molar-refractivity contribution in [3.63, 3.8) is 0 Å². The summed E-state index contributed by atoms with van der Waals surface area (Å²) in [4.78, 5) is 14.4. The Morgan fingerprint density at radius 1 is 1.43 bits per heavy atom. The van der Waals surface area contributed by atoms with Gasteiger partial charge in [-0.25, -0.2) is 13.8 Å². The number of amides is 1. The zero-order valence-corrected chi connectivity index (χ0v) is 8.38. The zero-order chi connectivity index (χ0) is 10.3. The lowest BCUT2D eigenvalue weighted by Gasteiger charge is -2.19. The molecule has 5 heteroatoms. The summed E-state index contributed by atoms with van der Waals surface area (Å²) in [5.74, 6) is -2.64. The van der Waals surface area contributed by atoms with Crippen molar-refractivity contribution in [3.05, 3.63) is 34.4 Å². The van der Waals surface area contributed by atoms with Crippen LogP contribution in [0, 0.1) is 5.92 Å². The Hall–Kier alpha value is -1.10. The maximum Gasteiger partial charge on any atom is 0.269 e. The lowest BCUT2D eigenvalue weighted by molar-refractivity contribution is -0.113. The first-order valence-electron chi connectivity index (χ1n) is 3.83. The van der Waals surface area contributed by atoms with Crippen LogP contribution in [-0.2, 0) is 4.79 Å². The summed E-state index contributed by atoms with van der Waals surface area (Å²) >= 11 is 2.78. The van der Waals surface area contributed by atoms with Crippen LogP contribution in [0.2, 0.25) is 0 Å². The highest BCUT2D eigenvalue weighted by molar-refractivity contribution is 9.12. The molecule has 1 atom stereocenters. The average molecular weight is 260 g/mol. The van der Waals surface area contributed by atoms with Gasteiger partial charge in [0.15, 0.2) is 0 Å². The standard InChI is InChI=1S/C9H4BrF2NO/c10-8-5(11)3-6-4(9(8)12)1-2-7(14)13-6/h1-4H. The largest absolute Gasteiger partial charge is 0.269 e. The van der Waals surface area contributed by atoms with Gasteiger partial charge in [0.2, 0.25) is 0 Å². The molecule has 0 bridgehead atoms. The second-order valence-electron chi connectivity index (χ2n) is 2.87. The molecule has 2 rings (SSSR count). The van der Waals surface area contributed by atoms with Crippen LogP contribution in [0.5, 0.6) is 0 Å². The highest BCUT2D eigenvalue weighted by Crippen LogP contribution is 2.35. The number of allylic oxidation sites excluding steroid dienone is 5. The molecular weight excluding hydrogens is 256 g/mol. The minimum Gasteiger partial charge on any atom is -0.267 e. The van der Waals surface area contributed by atoms with E-state index in [1.165, 1.54) is 12.2 Å². The topological polar surface area (TPSA) is 29.4 Å². The molecule has 1 heterocycles. The molecule has 0 saturated carbocycles. The van der Waals surface area contributed by atoms with Crippen LogP contribution >= 0.6 is 15.9 Å². The van der Waals surface area contributed by atoms with Gasteiger partial charge in [-0.3, -0.25) is 4.79 Å². The lowest BCUT2D eigenvalue weighted by Crippen LogP contribution is -2.20. The molecule has 0 aromatic heterocycles. The van der Waals surface area contributed by atoms with Gasteiger partial charge in [-0.2, -0.15) is 0 Å². The number of rotatable bonds is 0. The van der Waals surface area contributed by atoms with Crippen LogP contribution < -0.4 is 0 Å². The smallest absolute Gasteiger partial charge is 0.267 e. The van der Waals surface area contributed by atoms with Crippen molar-refractivity contribution >= 4 is 27.5 Å². The molecule has 14 heavy (non-hydrogen) atoms. The first kappa shape index (κ1) is 9.45. The quantitative estimate of drug-likeness (QED) is 0.658. The average Bonchev–Trinajstić information content (AvgIpc) is 2.14. The molecule has 2 nitrogen and oxygen atoms in total. The number of carbonyl (C=O) groups excluding carboxylic acids is 1. The van der Waals surface area contributed by atoms with E-state index < -0.39 is 23.5 Å². The molecule has 0 fully saturated rings. The molecule has 72 valence electrons. The number of dihydropyridines is 1. The van der Waals surface area contributed by atoms with Crippen LogP contribution in [-0.4, -0.2) is 11.6 Å². The Morgan fingerprint density at radius 2 is 2.14 bits per heavy atom. The van der Waals surface area contributed by atoms with E-state index in [1.54, 1.807) is 0 Å². The summed E-state index contributed by atoms with van der Waals surface area (Å²) in [6.07, 6.45) is 3.59. The zero-order valence-electron chi connectivity index (χ0n) is 6.80. The van der Waals surface area contributed by atoms with E-state index in [1.807, 2.05) is 0 Å². The number of nitrogens with zero attached hydrogens (tertiary/aromatic N) is 1. The molecule has 1 aliphatic carbocycles. The van der Waals surface area contributed by atoms with Crippen molar-refractivity contribution in [2.24, 2.45) is 10.9 Å². The van der Waals surface area contributed by atoms with Crippen molar-refractivity contribution in [3.8, 4) is 0 Å². The number of fused-ring (bicyclic) bond motifs is 1. The maximum absolute atomic E-state index is 13.4. The highest BCUT2D eigenvalue weighted by Gasteiger charge is 2.29. The molecule has 0 spiro atoms. The summed E-state index contributed by atoms with van der Waals surface area (Å²) in [5.41, 5.74) is 0.107. The Balaban J connectivity index is 2.52. The fraction of sp³-hybridized carbons (Fsp3) is 0.111. The van der Waals surface area contributed by atoms with Crippen molar-refractivity contribution in [2.75, 3.05) is 0 Å². The van der Waals surface area contributed by atoms with Gasteiger partial charge in [0.25, 0.3) is 5.91 Å². The Kier molecular flexibility index (Phi) is 2.19. The summed E-state index contributed by atoms with van der Waals surface area (Å²) in [5, 5.41) is 0. The van der Waals surface area contributed by atoms with Crippen LogP contribution in [0.1, 0.15) is 0 Å². The number of carbonyl (C=O) groups is 1. The third-order valence-corrected chi connectivity index (χ3v) is 2.71. The van der Waals surface area contributed by atoms with Crippen LogP contribution in [0.4, 0.5) is 8.78 Å². The minimum absolute atomic E-state index is 0.107. The molecular formula is C9H4BrF2NO. The monoisotopic (exact) mass is 259 g/mol. The van der Waals surface area contributed by atoms with Gasteiger partial charge < -0.3 is 0 Å². The van der Waals surface area contributed by atoms with Gasteiger partial charge in [-0.05, 0) is 22.0 Å².